The lowest BCUT2D eigenvalue weighted by Gasteiger charge is -2.40. The van der Waals surface area contributed by atoms with Crippen LogP contribution in [0.3, 0.4) is 0 Å². The van der Waals surface area contributed by atoms with E-state index in [1.54, 1.807) is 17.0 Å². The molecule has 9 heteroatoms. The summed E-state index contributed by atoms with van der Waals surface area (Å²) in [7, 11) is -1.01. The van der Waals surface area contributed by atoms with Crippen LogP contribution in [0.1, 0.15) is 28.8 Å². The van der Waals surface area contributed by atoms with Crippen molar-refractivity contribution in [1.29, 1.82) is 0 Å². The largest absolute Gasteiger partial charge is 0.535 e. The third-order valence-electron chi connectivity index (χ3n) is 5.14. The highest BCUT2D eigenvalue weighted by Crippen LogP contribution is 2.37. The molecule has 8 nitrogen and oxygen atoms in total. The van der Waals surface area contributed by atoms with E-state index in [1.165, 1.54) is 0 Å². The molecular formula is C17H21BN2O6. The Morgan fingerprint density at radius 1 is 1.35 bits per heavy atom. The van der Waals surface area contributed by atoms with Crippen molar-refractivity contribution in [3.05, 3.63) is 23.3 Å². The SMILES string of the molecule is O=C(O)c1c(OC2CN(C(=O)C3CCCN3)C2)ccc2c1OB(O)CC2. The summed E-state index contributed by atoms with van der Waals surface area (Å²) in [5.41, 5.74) is 0.682. The van der Waals surface area contributed by atoms with Gasteiger partial charge in [-0.05, 0) is 43.8 Å². The first-order valence-electron chi connectivity index (χ1n) is 8.95. The molecule has 2 saturated heterocycles. The van der Waals surface area contributed by atoms with Crippen LogP contribution in [0.15, 0.2) is 12.1 Å². The first-order valence-corrected chi connectivity index (χ1v) is 8.95. The Balaban J connectivity index is 1.45. The predicted octanol–water partition coefficient (Wildman–Crippen LogP) is 0.142. The Kier molecular flexibility index (Phi) is 4.50. The number of nitrogens with zero attached hydrogens (tertiary/aromatic N) is 1. The van der Waals surface area contributed by atoms with Gasteiger partial charge in [-0.25, -0.2) is 4.79 Å². The molecule has 3 aliphatic rings. The van der Waals surface area contributed by atoms with Crippen LogP contribution in [0, 0.1) is 0 Å². The monoisotopic (exact) mass is 360 g/mol. The van der Waals surface area contributed by atoms with Crippen LogP contribution >= 0.6 is 0 Å². The van der Waals surface area contributed by atoms with Crippen LogP contribution in [0.4, 0.5) is 0 Å². The molecule has 0 saturated carbocycles. The number of aryl methyl sites for hydroxylation is 1. The molecule has 3 heterocycles. The minimum absolute atomic E-state index is 0.0662. The molecule has 0 aromatic heterocycles. The van der Waals surface area contributed by atoms with E-state index in [0.29, 0.717) is 25.8 Å². The Bertz CT molecular complexity index is 730. The number of fused-ring (bicyclic) bond motifs is 1. The summed E-state index contributed by atoms with van der Waals surface area (Å²) in [6.07, 6.45) is 2.60. The highest BCUT2D eigenvalue weighted by molar-refractivity contribution is 6.44. The maximum Gasteiger partial charge on any atom is 0.522 e. The number of hydrogen-bond acceptors (Lipinski definition) is 6. The maximum absolute atomic E-state index is 12.3. The van der Waals surface area contributed by atoms with E-state index in [2.05, 4.69) is 5.32 Å². The minimum atomic E-state index is -1.16. The van der Waals surface area contributed by atoms with Crippen molar-refractivity contribution in [1.82, 2.24) is 10.2 Å². The third kappa shape index (κ3) is 3.12. The molecule has 0 radical (unpaired) electrons. The molecule has 1 unspecified atom stereocenters. The van der Waals surface area contributed by atoms with E-state index in [-0.39, 0.29) is 35.1 Å². The number of rotatable bonds is 4. The molecule has 1 amide bonds. The Hall–Kier alpha value is -2.26. The quantitative estimate of drug-likeness (QED) is 0.656. The number of likely N-dealkylation sites (tertiary alicyclic amines) is 1. The lowest BCUT2D eigenvalue weighted by Crippen LogP contribution is -2.59. The fourth-order valence-corrected chi connectivity index (χ4v) is 3.70. The van der Waals surface area contributed by atoms with Gasteiger partial charge in [0.1, 0.15) is 23.2 Å². The molecule has 2 fully saturated rings. The van der Waals surface area contributed by atoms with Gasteiger partial charge in [-0.3, -0.25) is 4.79 Å². The van der Waals surface area contributed by atoms with Crippen molar-refractivity contribution in [2.24, 2.45) is 0 Å². The molecule has 0 aliphatic carbocycles. The second-order valence-corrected chi connectivity index (χ2v) is 6.98. The molecule has 1 atom stereocenters. The van der Waals surface area contributed by atoms with Gasteiger partial charge in [0.2, 0.25) is 5.91 Å². The Morgan fingerprint density at radius 3 is 2.85 bits per heavy atom. The molecule has 1 aromatic rings. The summed E-state index contributed by atoms with van der Waals surface area (Å²) >= 11 is 0. The third-order valence-corrected chi connectivity index (χ3v) is 5.14. The Labute approximate surface area is 151 Å². The van der Waals surface area contributed by atoms with E-state index in [4.69, 9.17) is 9.39 Å². The van der Waals surface area contributed by atoms with E-state index in [9.17, 15) is 19.7 Å². The zero-order chi connectivity index (χ0) is 18.3. The van der Waals surface area contributed by atoms with Gasteiger partial charge >= 0.3 is 13.1 Å². The molecule has 3 aliphatic heterocycles. The van der Waals surface area contributed by atoms with E-state index >= 15 is 0 Å². The minimum Gasteiger partial charge on any atom is -0.535 e. The van der Waals surface area contributed by atoms with Gasteiger partial charge in [-0.1, -0.05) is 6.07 Å². The van der Waals surface area contributed by atoms with Crippen molar-refractivity contribution in [3.8, 4) is 11.5 Å². The van der Waals surface area contributed by atoms with Crippen LogP contribution in [-0.4, -0.2) is 65.8 Å². The van der Waals surface area contributed by atoms with Gasteiger partial charge in [0.25, 0.3) is 0 Å². The summed E-state index contributed by atoms with van der Waals surface area (Å²) < 4.78 is 11.2. The summed E-state index contributed by atoms with van der Waals surface area (Å²) in [4.78, 5) is 25.7. The number of hydrogen-bond donors (Lipinski definition) is 3. The zero-order valence-corrected chi connectivity index (χ0v) is 14.3. The molecule has 0 spiro atoms. The number of nitrogens with one attached hydrogen (secondary N) is 1. The van der Waals surface area contributed by atoms with Crippen molar-refractivity contribution >= 4 is 19.0 Å². The van der Waals surface area contributed by atoms with Gasteiger partial charge in [0.05, 0.1) is 19.1 Å². The highest BCUT2D eigenvalue weighted by atomic mass is 16.5. The van der Waals surface area contributed by atoms with Gasteiger partial charge in [-0.2, -0.15) is 0 Å². The van der Waals surface area contributed by atoms with Crippen molar-refractivity contribution in [2.75, 3.05) is 19.6 Å². The standard InChI is InChI=1S/C17H21BN2O6/c21-16(12-2-1-7-19-12)20-8-11(9-20)25-13-4-3-10-5-6-18(24)26-15(10)14(13)17(22)23/h3-4,11-12,19,24H,1-2,5-9H2,(H,22,23). The topological polar surface area (TPSA) is 108 Å². The fourth-order valence-electron chi connectivity index (χ4n) is 3.70. The summed E-state index contributed by atoms with van der Waals surface area (Å²) in [6.45, 7) is 1.75. The maximum atomic E-state index is 12.3. The number of amides is 1. The lowest BCUT2D eigenvalue weighted by molar-refractivity contribution is -0.141. The first kappa shape index (κ1) is 17.2. The van der Waals surface area contributed by atoms with Gasteiger partial charge in [-0.15, -0.1) is 0 Å². The molecule has 0 bridgehead atoms. The van der Waals surface area contributed by atoms with Gasteiger partial charge in [0.15, 0.2) is 0 Å². The molecule has 26 heavy (non-hydrogen) atoms. The smallest absolute Gasteiger partial charge is 0.522 e. The summed E-state index contributed by atoms with van der Waals surface area (Å²) in [5, 5.41) is 22.4. The second-order valence-electron chi connectivity index (χ2n) is 6.98. The fraction of sp³-hybridized carbons (Fsp3) is 0.529. The lowest BCUT2D eigenvalue weighted by atomic mass is 9.78. The summed E-state index contributed by atoms with van der Waals surface area (Å²) in [6, 6.07) is 3.29. The van der Waals surface area contributed by atoms with Gasteiger partial charge in [0, 0.05) is 0 Å². The second kappa shape index (κ2) is 6.81. The highest BCUT2D eigenvalue weighted by Gasteiger charge is 2.38. The summed E-state index contributed by atoms with van der Waals surface area (Å²) in [5.74, 6) is -0.691. The molecule has 1 aromatic carbocycles. The number of carboxylic acid groups (broad SMARTS) is 1. The number of carbonyl (C=O) groups is 2. The van der Waals surface area contributed by atoms with Crippen molar-refractivity contribution in [3.63, 3.8) is 0 Å². The average Bonchev–Trinajstić information content (AvgIpc) is 3.10. The number of benzene rings is 1. The number of carbonyl (C=O) groups excluding carboxylic acids is 1. The average molecular weight is 360 g/mol. The predicted molar refractivity (Wildman–Crippen MR) is 92.5 cm³/mol. The molecular weight excluding hydrogens is 339 g/mol. The van der Waals surface area contributed by atoms with Crippen LogP contribution in [-0.2, 0) is 11.2 Å². The molecule has 3 N–H and O–H groups in total. The van der Waals surface area contributed by atoms with Crippen LogP contribution < -0.4 is 14.7 Å². The van der Waals surface area contributed by atoms with Crippen LogP contribution in [0.25, 0.3) is 0 Å². The number of ether oxygens (including phenoxy) is 1. The van der Waals surface area contributed by atoms with E-state index in [1.807, 2.05) is 0 Å². The van der Waals surface area contributed by atoms with Crippen LogP contribution in [0.5, 0.6) is 11.5 Å². The Morgan fingerprint density at radius 2 is 2.15 bits per heavy atom. The van der Waals surface area contributed by atoms with Crippen molar-refractivity contribution in [2.45, 2.75) is 37.7 Å². The normalized spacial score (nSPS) is 22.4. The van der Waals surface area contributed by atoms with Crippen LogP contribution in [0.2, 0.25) is 6.32 Å². The van der Waals surface area contributed by atoms with Crippen molar-refractivity contribution < 1.29 is 29.1 Å². The van der Waals surface area contributed by atoms with E-state index in [0.717, 1.165) is 24.9 Å². The molecule has 138 valence electrons. The van der Waals surface area contributed by atoms with Gasteiger partial charge < -0.3 is 29.7 Å². The first-order chi connectivity index (χ1) is 12.5. The van der Waals surface area contributed by atoms with E-state index < -0.39 is 13.1 Å². The zero-order valence-electron chi connectivity index (χ0n) is 14.3. The molecule has 4 rings (SSSR count). The number of carboxylic acids is 1. The number of aromatic carboxylic acids is 1.